The van der Waals surface area contributed by atoms with Gasteiger partial charge in [-0.05, 0) is 31.0 Å². The van der Waals surface area contributed by atoms with Gasteiger partial charge in [0.15, 0.2) is 0 Å². The Morgan fingerprint density at radius 3 is 2.73 bits per heavy atom. The molecule has 0 fully saturated rings. The number of amides is 1. The molecule has 118 valence electrons. The highest BCUT2D eigenvalue weighted by Crippen LogP contribution is 2.25. The van der Waals surface area contributed by atoms with Crippen molar-refractivity contribution in [1.29, 1.82) is 0 Å². The van der Waals surface area contributed by atoms with Crippen LogP contribution in [0, 0.1) is 13.8 Å². The predicted molar refractivity (Wildman–Crippen MR) is 89.2 cm³/mol. The highest BCUT2D eigenvalue weighted by Gasteiger charge is 2.14. The lowest BCUT2D eigenvalue weighted by Crippen LogP contribution is -2.31. The number of carbonyl (C=O) groups excluding carboxylic acids is 1. The van der Waals surface area contributed by atoms with Crippen LogP contribution in [-0.2, 0) is 16.1 Å². The van der Waals surface area contributed by atoms with E-state index in [-0.39, 0.29) is 5.91 Å². The number of hydrogen-bond donors (Lipinski definition) is 0. The number of carbonyl (C=O) groups is 1. The van der Waals surface area contributed by atoms with Gasteiger partial charge in [-0.15, -0.1) is 0 Å². The first kappa shape index (κ1) is 16.7. The number of fused-ring (bicyclic) bond motifs is 1. The van der Waals surface area contributed by atoms with E-state index in [0.717, 1.165) is 22.0 Å². The lowest BCUT2D eigenvalue weighted by molar-refractivity contribution is -0.130. The smallest absolute Gasteiger partial charge is 0.219 e. The van der Waals surface area contributed by atoms with E-state index in [1.54, 1.807) is 18.9 Å². The minimum absolute atomic E-state index is 0.00620. The Labute approximate surface area is 136 Å². The summed E-state index contributed by atoms with van der Waals surface area (Å²) in [6, 6.07) is 6.13. The topological polar surface area (TPSA) is 42.4 Å². The Hall–Kier alpha value is -1.65. The SMILES string of the molecule is COCCN(Cc1cc2ccc(C)c(C)c2nc1Cl)C(C)=O. The molecule has 0 radical (unpaired) electrons. The number of hydrogen-bond acceptors (Lipinski definition) is 3. The molecule has 1 amide bonds. The zero-order valence-corrected chi connectivity index (χ0v) is 14.2. The van der Waals surface area contributed by atoms with E-state index in [9.17, 15) is 4.79 Å². The van der Waals surface area contributed by atoms with Gasteiger partial charge in [0.2, 0.25) is 5.91 Å². The molecule has 0 N–H and O–H groups in total. The Balaban J connectivity index is 2.37. The summed E-state index contributed by atoms with van der Waals surface area (Å²) in [5, 5.41) is 1.49. The highest BCUT2D eigenvalue weighted by molar-refractivity contribution is 6.30. The Morgan fingerprint density at radius 1 is 1.36 bits per heavy atom. The third-order valence-corrected chi connectivity index (χ3v) is 4.24. The number of aromatic nitrogens is 1. The lowest BCUT2D eigenvalue weighted by atomic mass is 10.0. The molecule has 0 spiro atoms. The molecule has 5 heteroatoms. The molecule has 4 nitrogen and oxygen atoms in total. The highest BCUT2D eigenvalue weighted by atomic mass is 35.5. The van der Waals surface area contributed by atoms with Crippen molar-refractivity contribution in [3.05, 3.63) is 40.0 Å². The Morgan fingerprint density at radius 2 is 2.09 bits per heavy atom. The van der Waals surface area contributed by atoms with E-state index >= 15 is 0 Å². The van der Waals surface area contributed by atoms with Crippen molar-refractivity contribution >= 4 is 28.4 Å². The third-order valence-electron chi connectivity index (χ3n) is 3.91. The molecule has 0 saturated heterocycles. The van der Waals surface area contributed by atoms with Crippen LogP contribution in [0.4, 0.5) is 0 Å². The van der Waals surface area contributed by atoms with Gasteiger partial charge in [0.25, 0.3) is 0 Å². The molecule has 0 aliphatic carbocycles. The van der Waals surface area contributed by atoms with Crippen LogP contribution in [0.25, 0.3) is 10.9 Å². The van der Waals surface area contributed by atoms with Gasteiger partial charge in [-0.2, -0.15) is 0 Å². The molecule has 0 atom stereocenters. The Bertz CT molecular complexity index is 701. The molecule has 0 bridgehead atoms. The molecule has 22 heavy (non-hydrogen) atoms. The van der Waals surface area contributed by atoms with Crippen molar-refractivity contribution in [3.63, 3.8) is 0 Å². The van der Waals surface area contributed by atoms with Crippen molar-refractivity contribution in [2.24, 2.45) is 0 Å². The van der Waals surface area contributed by atoms with Gasteiger partial charge < -0.3 is 9.64 Å². The number of halogens is 1. The number of methoxy groups -OCH3 is 1. The van der Waals surface area contributed by atoms with Crippen molar-refractivity contribution in [2.45, 2.75) is 27.3 Å². The summed E-state index contributed by atoms with van der Waals surface area (Å²) in [5.41, 5.74) is 4.09. The number of aryl methyl sites for hydroxylation is 2. The van der Waals surface area contributed by atoms with Crippen molar-refractivity contribution in [3.8, 4) is 0 Å². The zero-order valence-electron chi connectivity index (χ0n) is 13.4. The largest absolute Gasteiger partial charge is 0.383 e. The standard InChI is InChI=1S/C17H21ClN2O2/c1-11-5-6-14-9-15(17(18)19-16(14)12(11)2)10-20(13(3)21)7-8-22-4/h5-6,9H,7-8,10H2,1-4H3. The molecule has 0 saturated carbocycles. The summed E-state index contributed by atoms with van der Waals surface area (Å²) in [6.07, 6.45) is 0. The summed E-state index contributed by atoms with van der Waals surface area (Å²) < 4.78 is 5.05. The molecular weight excluding hydrogens is 300 g/mol. The summed E-state index contributed by atoms with van der Waals surface area (Å²) in [5.74, 6) is -0.00620. The van der Waals surface area contributed by atoms with Gasteiger partial charge in [0.05, 0.1) is 12.1 Å². The summed E-state index contributed by atoms with van der Waals surface area (Å²) in [4.78, 5) is 18.0. The second-order valence-electron chi connectivity index (χ2n) is 5.45. The quantitative estimate of drug-likeness (QED) is 0.792. The first-order valence-corrected chi connectivity index (χ1v) is 7.61. The van der Waals surface area contributed by atoms with E-state index in [1.807, 2.05) is 19.1 Å². The summed E-state index contributed by atoms with van der Waals surface area (Å²) in [6.45, 7) is 7.12. The maximum absolute atomic E-state index is 11.7. The molecule has 2 rings (SSSR count). The van der Waals surface area contributed by atoms with Crippen LogP contribution in [0.15, 0.2) is 18.2 Å². The number of ether oxygens (including phenoxy) is 1. The number of benzene rings is 1. The summed E-state index contributed by atoms with van der Waals surface area (Å²) in [7, 11) is 1.62. The van der Waals surface area contributed by atoms with Crippen LogP contribution < -0.4 is 0 Å². The van der Waals surface area contributed by atoms with E-state index in [4.69, 9.17) is 16.3 Å². The normalized spacial score (nSPS) is 11.0. The first-order valence-electron chi connectivity index (χ1n) is 7.23. The van der Waals surface area contributed by atoms with Crippen LogP contribution >= 0.6 is 11.6 Å². The van der Waals surface area contributed by atoms with Crippen LogP contribution in [0.1, 0.15) is 23.6 Å². The van der Waals surface area contributed by atoms with Gasteiger partial charge in [0.1, 0.15) is 5.15 Å². The van der Waals surface area contributed by atoms with Crippen LogP contribution in [0.5, 0.6) is 0 Å². The summed E-state index contributed by atoms with van der Waals surface area (Å²) >= 11 is 6.33. The molecule has 0 unspecified atom stereocenters. The van der Waals surface area contributed by atoms with Crippen molar-refractivity contribution in [1.82, 2.24) is 9.88 Å². The van der Waals surface area contributed by atoms with E-state index in [1.165, 1.54) is 5.56 Å². The Kier molecular flexibility index (Phi) is 5.37. The lowest BCUT2D eigenvalue weighted by Gasteiger charge is -2.21. The third kappa shape index (κ3) is 3.57. The molecule has 1 aromatic heterocycles. The van der Waals surface area contributed by atoms with Gasteiger partial charge in [-0.1, -0.05) is 23.7 Å². The maximum Gasteiger partial charge on any atom is 0.219 e. The van der Waals surface area contributed by atoms with Crippen molar-refractivity contribution < 1.29 is 9.53 Å². The number of nitrogens with zero attached hydrogens (tertiary/aromatic N) is 2. The second-order valence-corrected chi connectivity index (χ2v) is 5.81. The minimum atomic E-state index is -0.00620. The maximum atomic E-state index is 11.7. The monoisotopic (exact) mass is 320 g/mol. The van der Waals surface area contributed by atoms with E-state index < -0.39 is 0 Å². The van der Waals surface area contributed by atoms with Gasteiger partial charge >= 0.3 is 0 Å². The predicted octanol–water partition coefficient (Wildman–Crippen LogP) is 3.50. The van der Waals surface area contributed by atoms with Crippen LogP contribution in [0.2, 0.25) is 5.15 Å². The number of rotatable bonds is 5. The molecule has 1 aromatic carbocycles. The number of pyridine rings is 1. The molecule has 0 aliphatic rings. The van der Waals surface area contributed by atoms with Gasteiger partial charge in [-0.3, -0.25) is 4.79 Å². The van der Waals surface area contributed by atoms with E-state index in [0.29, 0.717) is 24.8 Å². The second kappa shape index (κ2) is 7.07. The zero-order chi connectivity index (χ0) is 16.3. The van der Waals surface area contributed by atoms with Gasteiger partial charge in [0, 0.05) is 38.1 Å². The molecule has 2 aromatic rings. The fourth-order valence-corrected chi connectivity index (χ4v) is 2.57. The molecule has 1 heterocycles. The average molecular weight is 321 g/mol. The van der Waals surface area contributed by atoms with Crippen LogP contribution in [-0.4, -0.2) is 36.1 Å². The van der Waals surface area contributed by atoms with Crippen molar-refractivity contribution in [2.75, 3.05) is 20.3 Å². The van der Waals surface area contributed by atoms with Crippen LogP contribution in [0.3, 0.4) is 0 Å². The van der Waals surface area contributed by atoms with Gasteiger partial charge in [-0.25, -0.2) is 4.98 Å². The average Bonchev–Trinajstić information content (AvgIpc) is 2.48. The minimum Gasteiger partial charge on any atom is -0.383 e. The molecular formula is C17H21ClN2O2. The fraction of sp³-hybridized carbons (Fsp3) is 0.412. The fourth-order valence-electron chi connectivity index (χ4n) is 2.37. The van der Waals surface area contributed by atoms with E-state index in [2.05, 4.69) is 18.0 Å². The molecule has 0 aliphatic heterocycles. The first-order chi connectivity index (χ1) is 10.4.